The van der Waals surface area contributed by atoms with Gasteiger partial charge in [-0.1, -0.05) is 25.1 Å². The fourth-order valence-corrected chi connectivity index (χ4v) is 3.51. The fourth-order valence-electron chi connectivity index (χ4n) is 2.18. The number of benzene rings is 2. The zero-order valence-electron chi connectivity index (χ0n) is 15.2. The fraction of sp³-hybridized carbons (Fsp3) is 0.316. The van der Waals surface area contributed by atoms with E-state index in [0.29, 0.717) is 12.2 Å². The van der Waals surface area contributed by atoms with Crippen LogP contribution in [0.4, 0.5) is 5.69 Å². The maximum absolute atomic E-state index is 12.2. The van der Waals surface area contributed by atoms with Gasteiger partial charge < -0.3 is 10.1 Å². The van der Waals surface area contributed by atoms with E-state index in [1.165, 1.54) is 24.3 Å². The van der Waals surface area contributed by atoms with E-state index in [4.69, 9.17) is 4.74 Å². The number of ether oxygens (including phenoxy) is 1. The van der Waals surface area contributed by atoms with Crippen molar-refractivity contribution in [3.05, 3.63) is 54.1 Å². The molecule has 2 aromatic carbocycles. The van der Waals surface area contributed by atoms with Gasteiger partial charge >= 0.3 is 0 Å². The molecule has 0 heterocycles. The van der Waals surface area contributed by atoms with Crippen LogP contribution in [0.1, 0.15) is 25.8 Å². The molecule has 0 spiro atoms. The molecule has 0 radical (unpaired) electrons. The Bertz CT molecular complexity index is 848. The van der Waals surface area contributed by atoms with Gasteiger partial charge in [0.05, 0.1) is 4.90 Å². The minimum atomic E-state index is -3.55. The highest BCUT2D eigenvalue weighted by Gasteiger charge is 2.16. The summed E-state index contributed by atoms with van der Waals surface area (Å²) in [7, 11) is -3.55. The Morgan fingerprint density at radius 2 is 1.77 bits per heavy atom. The Morgan fingerprint density at radius 3 is 2.38 bits per heavy atom. The van der Waals surface area contributed by atoms with E-state index in [1.807, 2.05) is 45.0 Å². The first-order valence-corrected chi connectivity index (χ1v) is 9.91. The zero-order valence-corrected chi connectivity index (χ0v) is 16.0. The SMILES string of the molecule is CC[C@H](C)NS(=O)(=O)c1ccc(OCC(=O)Nc2ccccc2C)cc1. The highest BCUT2D eigenvalue weighted by atomic mass is 32.2. The quantitative estimate of drug-likeness (QED) is 0.741. The second kappa shape index (κ2) is 8.82. The highest BCUT2D eigenvalue weighted by molar-refractivity contribution is 7.89. The highest BCUT2D eigenvalue weighted by Crippen LogP contribution is 2.17. The number of rotatable bonds is 8. The lowest BCUT2D eigenvalue weighted by molar-refractivity contribution is -0.118. The molecule has 2 rings (SSSR count). The average Bonchev–Trinajstić information content (AvgIpc) is 2.62. The number of hydrogen-bond acceptors (Lipinski definition) is 4. The number of carbonyl (C=O) groups excluding carboxylic acids is 1. The Morgan fingerprint density at radius 1 is 1.12 bits per heavy atom. The van der Waals surface area contributed by atoms with Crippen LogP contribution < -0.4 is 14.8 Å². The third kappa shape index (κ3) is 5.57. The van der Waals surface area contributed by atoms with Crippen molar-refractivity contribution in [1.82, 2.24) is 4.72 Å². The number of amides is 1. The molecule has 0 aliphatic rings. The number of sulfonamides is 1. The molecule has 2 N–H and O–H groups in total. The normalized spacial score (nSPS) is 12.4. The third-order valence-electron chi connectivity index (χ3n) is 3.89. The number of carbonyl (C=O) groups is 1. The number of para-hydroxylation sites is 1. The summed E-state index contributed by atoms with van der Waals surface area (Å²) in [5.41, 5.74) is 1.70. The molecule has 0 aliphatic heterocycles. The van der Waals surface area contributed by atoms with Crippen molar-refractivity contribution in [1.29, 1.82) is 0 Å². The lowest BCUT2D eigenvalue weighted by Crippen LogP contribution is -2.31. The first-order valence-electron chi connectivity index (χ1n) is 8.42. The van der Waals surface area contributed by atoms with Crippen molar-refractivity contribution in [2.45, 2.75) is 38.1 Å². The molecule has 0 aliphatic carbocycles. The largest absolute Gasteiger partial charge is 0.484 e. The number of anilines is 1. The second-order valence-electron chi connectivity index (χ2n) is 6.05. The van der Waals surface area contributed by atoms with Crippen molar-refractivity contribution in [2.24, 2.45) is 0 Å². The molecular formula is C19H24N2O4S. The lowest BCUT2D eigenvalue weighted by Gasteiger charge is -2.13. The molecule has 140 valence electrons. The summed E-state index contributed by atoms with van der Waals surface area (Å²) < 4.78 is 32.4. The molecule has 7 heteroatoms. The third-order valence-corrected chi connectivity index (χ3v) is 5.50. The summed E-state index contributed by atoms with van der Waals surface area (Å²) in [5, 5.41) is 2.77. The van der Waals surface area contributed by atoms with Crippen LogP contribution in [0.3, 0.4) is 0 Å². The van der Waals surface area contributed by atoms with Gasteiger partial charge in [-0.15, -0.1) is 0 Å². The number of hydrogen-bond donors (Lipinski definition) is 2. The van der Waals surface area contributed by atoms with Crippen LogP contribution in [-0.2, 0) is 14.8 Å². The van der Waals surface area contributed by atoms with Gasteiger partial charge in [-0.2, -0.15) is 0 Å². The van der Waals surface area contributed by atoms with Crippen LogP contribution in [0.2, 0.25) is 0 Å². The van der Waals surface area contributed by atoms with Crippen LogP contribution in [0.15, 0.2) is 53.4 Å². The molecule has 2 aromatic rings. The van der Waals surface area contributed by atoms with Crippen LogP contribution in [0, 0.1) is 6.92 Å². The van der Waals surface area contributed by atoms with Crippen LogP contribution in [0.25, 0.3) is 0 Å². The van der Waals surface area contributed by atoms with Gasteiger partial charge in [0, 0.05) is 11.7 Å². The summed E-state index contributed by atoms with van der Waals surface area (Å²) in [6, 6.07) is 13.3. The van der Waals surface area contributed by atoms with E-state index >= 15 is 0 Å². The number of nitrogens with one attached hydrogen (secondary N) is 2. The molecule has 0 saturated carbocycles. The van der Waals surface area contributed by atoms with Crippen LogP contribution in [-0.4, -0.2) is 27.0 Å². The molecule has 0 fully saturated rings. The van der Waals surface area contributed by atoms with Crippen molar-refractivity contribution in [2.75, 3.05) is 11.9 Å². The summed E-state index contributed by atoms with van der Waals surface area (Å²) in [5.74, 6) is 0.141. The number of aryl methyl sites for hydroxylation is 1. The standard InChI is InChI=1S/C19H24N2O4S/c1-4-15(3)21-26(23,24)17-11-9-16(10-12-17)25-13-19(22)20-18-8-6-5-7-14(18)2/h5-12,15,21H,4,13H2,1-3H3,(H,20,22)/t15-/m0/s1. The summed E-state index contributed by atoms with van der Waals surface area (Å²) in [4.78, 5) is 12.1. The smallest absolute Gasteiger partial charge is 0.262 e. The van der Waals surface area contributed by atoms with E-state index in [9.17, 15) is 13.2 Å². The minimum absolute atomic E-state index is 0.138. The van der Waals surface area contributed by atoms with Crippen molar-refractivity contribution >= 4 is 21.6 Å². The molecule has 6 nitrogen and oxygen atoms in total. The first kappa shape index (κ1) is 19.9. The maximum Gasteiger partial charge on any atom is 0.262 e. The molecule has 0 unspecified atom stereocenters. The molecule has 0 saturated heterocycles. The summed E-state index contributed by atoms with van der Waals surface area (Å²) in [6.07, 6.45) is 0.705. The minimum Gasteiger partial charge on any atom is -0.484 e. The van der Waals surface area contributed by atoms with Gasteiger partial charge in [-0.25, -0.2) is 13.1 Å². The Balaban J connectivity index is 1.93. The van der Waals surface area contributed by atoms with Crippen molar-refractivity contribution < 1.29 is 17.9 Å². The van der Waals surface area contributed by atoms with Gasteiger partial charge in [-0.05, 0) is 56.2 Å². The Labute approximate surface area is 154 Å². The van der Waals surface area contributed by atoms with E-state index < -0.39 is 10.0 Å². The molecule has 1 amide bonds. The van der Waals surface area contributed by atoms with Crippen LogP contribution >= 0.6 is 0 Å². The van der Waals surface area contributed by atoms with Crippen LogP contribution in [0.5, 0.6) is 5.75 Å². The van der Waals surface area contributed by atoms with Gasteiger partial charge in [-0.3, -0.25) is 4.79 Å². The maximum atomic E-state index is 12.2. The van der Waals surface area contributed by atoms with Gasteiger partial charge in [0.2, 0.25) is 10.0 Å². The first-order chi connectivity index (χ1) is 12.3. The lowest BCUT2D eigenvalue weighted by atomic mass is 10.2. The van der Waals surface area contributed by atoms with Gasteiger partial charge in [0.1, 0.15) is 5.75 Å². The Hall–Kier alpha value is -2.38. The molecular weight excluding hydrogens is 352 g/mol. The average molecular weight is 376 g/mol. The molecule has 0 aromatic heterocycles. The zero-order chi connectivity index (χ0) is 19.2. The summed E-state index contributed by atoms with van der Waals surface area (Å²) >= 11 is 0. The molecule has 1 atom stereocenters. The van der Waals surface area contributed by atoms with Gasteiger partial charge in [0.25, 0.3) is 5.91 Å². The van der Waals surface area contributed by atoms with Crippen molar-refractivity contribution in [3.8, 4) is 5.75 Å². The van der Waals surface area contributed by atoms with Gasteiger partial charge in [0.15, 0.2) is 6.61 Å². The second-order valence-corrected chi connectivity index (χ2v) is 7.77. The van der Waals surface area contributed by atoms with E-state index in [1.54, 1.807) is 0 Å². The molecule has 0 bridgehead atoms. The molecule has 26 heavy (non-hydrogen) atoms. The topological polar surface area (TPSA) is 84.5 Å². The van der Waals surface area contributed by atoms with E-state index in [0.717, 1.165) is 11.3 Å². The predicted molar refractivity (Wildman–Crippen MR) is 102 cm³/mol. The van der Waals surface area contributed by atoms with E-state index in [-0.39, 0.29) is 23.5 Å². The van der Waals surface area contributed by atoms with Crippen molar-refractivity contribution in [3.63, 3.8) is 0 Å². The monoisotopic (exact) mass is 376 g/mol. The predicted octanol–water partition coefficient (Wildman–Crippen LogP) is 3.09. The summed E-state index contributed by atoms with van der Waals surface area (Å²) in [6.45, 7) is 5.46. The van der Waals surface area contributed by atoms with E-state index in [2.05, 4.69) is 10.0 Å². The Kier molecular flexibility index (Phi) is 6.76.